The normalized spacial score (nSPS) is 16.4. The van der Waals surface area contributed by atoms with Crippen LogP contribution in [0.3, 0.4) is 0 Å². The average molecular weight is 353 g/mol. The molecule has 4 nitrogen and oxygen atoms in total. The van der Waals surface area contributed by atoms with Gasteiger partial charge in [0.2, 0.25) is 0 Å². The van der Waals surface area contributed by atoms with Gasteiger partial charge in [-0.2, -0.15) is 0 Å². The molecule has 0 bridgehead atoms. The predicted molar refractivity (Wildman–Crippen MR) is 103 cm³/mol. The van der Waals surface area contributed by atoms with E-state index in [0.29, 0.717) is 31.2 Å². The molecule has 2 N–H and O–H groups in total. The second kappa shape index (κ2) is 7.92. The first-order chi connectivity index (χ1) is 12.5. The van der Waals surface area contributed by atoms with E-state index in [1.807, 2.05) is 24.3 Å². The Labute approximate surface area is 155 Å². The number of hydrogen-bond acceptors (Lipinski definition) is 3. The fourth-order valence-electron chi connectivity index (χ4n) is 3.57. The molecule has 26 heavy (non-hydrogen) atoms. The van der Waals surface area contributed by atoms with Crippen LogP contribution in [0.15, 0.2) is 48.5 Å². The van der Waals surface area contributed by atoms with Gasteiger partial charge in [-0.15, -0.1) is 0 Å². The van der Waals surface area contributed by atoms with Crippen molar-refractivity contribution < 1.29 is 14.6 Å². The summed E-state index contributed by atoms with van der Waals surface area (Å²) in [5.41, 5.74) is 2.44. The number of rotatable bonds is 5. The smallest absolute Gasteiger partial charge is 0.255 e. The van der Waals surface area contributed by atoms with Crippen LogP contribution in [0.25, 0.3) is 0 Å². The van der Waals surface area contributed by atoms with Crippen molar-refractivity contribution in [3.05, 3.63) is 65.2 Å². The van der Waals surface area contributed by atoms with Gasteiger partial charge in [0.25, 0.3) is 5.91 Å². The lowest BCUT2D eigenvalue weighted by Crippen LogP contribution is -2.44. The van der Waals surface area contributed by atoms with Gasteiger partial charge in [0.1, 0.15) is 5.75 Å². The monoisotopic (exact) mass is 353 g/mol. The first kappa shape index (κ1) is 18.5. The molecule has 1 aliphatic heterocycles. The van der Waals surface area contributed by atoms with Crippen molar-refractivity contribution in [1.29, 1.82) is 0 Å². The number of phenolic OH excluding ortho intramolecular Hbond substituents is 1. The van der Waals surface area contributed by atoms with Gasteiger partial charge < -0.3 is 15.2 Å². The zero-order valence-corrected chi connectivity index (χ0v) is 15.5. The lowest BCUT2D eigenvalue weighted by atomic mass is 9.74. The third kappa shape index (κ3) is 3.91. The molecule has 3 rings (SSSR count). The number of amides is 1. The van der Waals surface area contributed by atoms with E-state index in [4.69, 9.17) is 4.74 Å². The Morgan fingerprint density at radius 1 is 1.15 bits per heavy atom. The molecule has 0 unspecified atom stereocenters. The lowest BCUT2D eigenvalue weighted by molar-refractivity contribution is 0.0487. The Bertz CT molecular complexity index is 749. The summed E-state index contributed by atoms with van der Waals surface area (Å²) >= 11 is 0. The molecule has 0 spiro atoms. The minimum atomic E-state index is -0.236. The van der Waals surface area contributed by atoms with Crippen LogP contribution in [0.4, 0.5) is 0 Å². The molecular formula is C22H27NO3. The van der Waals surface area contributed by atoms with Crippen molar-refractivity contribution in [2.75, 3.05) is 19.8 Å². The summed E-state index contributed by atoms with van der Waals surface area (Å²) in [4.78, 5) is 12.7. The van der Waals surface area contributed by atoms with Crippen molar-refractivity contribution in [2.45, 2.75) is 38.0 Å². The fourth-order valence-corrected chi connectivity index (χ4v) is 3.57. The van der Waals surface area contributed by atoms with E-state index in [9.17, 15) is 9.90 Å². The molecule has 0 atom stereocenters. The summed E-state index contributed by atoms with van der Waals surface area (Å²) in [5, 5.41) is 13.3. The molecule has 0 radical (unpaired) electrons. The highest BCUT2D eigenvalue weighted by Gasteiger charge is 2.35. The zero-order chi connectivity index (χ0) is 18.6. The molecule has 0 saturated carbocycles. The van der Waals surface area contributed by atoms with Crippen molar-refractivity contribution in [3.8, 4) is 5.75 Å². The van der Waals surface area contributed by atoms with E-state index >= 15 is 0 Å². The van der Waals surface area contributed by atoms with Crippen LogP contribution in [-0.4, -0.2) is 30.8 Å². The number of nitrogens with one attached hydrogen (secondary N) is 1. The number of carbonyl (C=O) groups is 1. The van der Waals surface area contributed by atoms with Gasteiger partial charge in [-0.1, -0.05) is 50.2 Å². The minimum Gasteiger partial charge on any atom is -0.507 e. The third-order valence-electron chi connectivity index (χ3n) is 5.36. The molecule has 138 valence electrons. The van der Waals surface area contributed by atoms with Crippen molar-refractivity contribution in [1.82, 2.24) is 5.32 Å². The summed E-state index contributed by atoms with van der Waals surface area (Å²) < 4.78 is 5.54. The van der Waals surface area contributed by atoms with Crippen LogP contribution in [0, 0.1) is 0 Å². The van der Waals surface area contributed by atoms with Crippen LogP contribution in [0.2, 0.25) is 0 Å². The Hall–Kier alpha value is -2.33. The van der Waals surface area contributed by atoms with Crippen LogP contribution >= 0.6 is 0 Å². The molecule has 0 aliphatic carbocycles. The first-order valence-corrected chi connectivity index (χ1v) is 9.26. The van der Waals surface area contributed by atoms with Crippen molar-refractivity contribution in [3.63, 3.8) is 0 Å². The largest absolute Gasteiger partial charge is 0.507 e. The second-order valence-electron chi connectivity index (χ2n) is 7.37. The average Bonchev–Trinajstić information content (AvgIpc) is 2.67. The van der Waals surface area contributed by atoms with E-state index in [-0.39, 0.29) is 17.1 Å². The summed E-state index contributed by atoms with van der Waals surface area (Å²) in [6.07, 6.45) is 1.74. The number of phenols is 1. The summed E-state index contributed by atoms with van der Waals surface area (Å²) in [6, 6.07) is 15.6. The van der Waals surface area contributed by atoms with E-state index in [1.54, 1.807) is 12.1 Å². The van der Waals surface area contributed by atoms with Gasteiger partial charge in [-0.05, 0) is 42.0 Å². The summed E-state index contributed by atoms with van der Waals surface area (Å²) in [5.74, 6) is 0.107. The second-order valence-corrected chi connectivity index (χ2v) is 7.37. The number of ether oxygens (including phenoxy) is 1. The highest BCUT2D eigenvalue weighted by Crippen LogP contribution is 2.34. The third-order valence-corrected chi connectivity index (χ3v) is 5.36. The molecule has 1 amide bonds. The Balaban J connectivity index is 1.76. The molecule has 1 aliphatic rings. The minimum absolute atomic E-state index is 0.0365. The number of aromatic hydroxyl groups is 1. The molecule has 1 heterocycles. The van der Waals surface area contributed by atoms with E-state index < -0.39 is 0 Å². The standard InChI is InChI=1S/C22H27NO3/c1-16(2)17-8-9-19(20(24)14-17)21(25)23-15-22(10-12-26-13-11-22)18-6-4-3-5-7-18/h3-9,14,16,24H,10-13,15H2,1-2H3,(H,23,25). The van der Waals surface area contributed by atoms with Gasteiger partial charge in [0.05, 0.1) is 5.56 Å². The molecule has 2 aromatic carbocycles. The van der Waals surface area contributed by atoms with Crippen LogP contribution < -0.4 is 5.32 Å². The van der Waals surface area contributed by atoms with E-state index in [1.165, 1.54) is 5.56 Å². The predicted octanol–water partition coefficient (Wildman–Crippen LogP) is 3.99. The van der Waals surface area contributed by atoms with Gasteiger partial charge in [0, 0.05) is 25.2 Å². The molecule has 4 heteroatoms. The highest BCUT2D eigenvalue weighted by molar-refractivity contribution is 5.97. The van der Waals surface area contributed by atoms with Gasteiger partial charge in [0.15, 0.2) is 0 Å². The highest BCUT2D eigenvalue weighted by atomic mass is 16.5. The molecule has 0 aromatic heterocycles. The molecular weight excluding hydrogens is 326 g/mol. The Morgan fingerprint density at radius 2 is 1.85 bits per heavy atom. The maximum absolute atomic E-state index is 12.7. The van der Waals surface area contributed by atoms with Crippen LogP contribution in [0.1, 0.15) is 54.1 Å². The van der Waals surface area contributed by atoms with Crippen molar-refractivity contribution in [2.24, 2.45) is 0 Å². The van der Waals surface area contributed by atoms with E-state index in [0.717, 1.165) is 18.4 Å². The fraction of sp³-hybridized carbons (Fsp3) is 0.409. The molecule has 1 saturated heterocycles. The zero-order valence-electron chi connectivity index (χ0n) is 15.5. The maximum Gasteiger partial charge on any atom is 0.255 e. The van der Waals surface area contributed by atoms with Crippen molar-refractivity contribution >= 4 is 5.91 Å². The Morgan fingerprint density at radius 3 is 2.46 bits per heavy atom. The number of hydrogen-bond donors (Lipinski definition) is 2. The molecule has 2 aromatic rings. The van der Waals surface area contributed by atoms with Gasteiger partial charge >= 0.3 is 0 Å². The SMILES string of the molecule is CC(C)c1ccc(C(=O)NCC2(c3ccccc3)CCOCC2)c(O)c1. The molecule has 1 fully saturated rings. The van der Waals surface area contributed by atoms with Gasteiger partial charge in [-0.3, -0.25) is 4.79 Å². The number of carbonyl (C=O) groups excluding carboxylic acids is 1. The first-order valence-electron chi connectivity index (χ1n) is 9.26. The van der Waals surface area contributed by atoms with Crippen LogP contribution in [-0.2, 0) is 10.2 Å². The number of benzene rings is 2. The van der Waals surface area contributed by atoms with Gasteiger partial charge in [-0.25, -0.2) is 0 Å². The van der Waals surface area contributed by atoms with E-state index in [2.05, 4.69) is 31.3 Å². The summed E-state index contributed by atoms with van der Waals surface area (Å²) in [6.45, 7) is 6.04. The van der Waals surface area contributed by atoms with Crippen LogP contribution in [0.5, 0.6) is 5.75 Å². The maximum atomic E-state index is 12.7. The topological polar surface area (TPSA) is 58.6 Å². The summed E-state index contributed by atoms with van der Waals surface area (Å²) in [7, 11) is 0. The Kier molecular flexibility index (Phi) is 5.62. The quantitative estimate of drug-likeness (QED) is 0.854. The lowest BCUT2D eigenvalue weighted by Gasteiger charge is -2.38.